The molecule has 1 aliphatic heterocycles. The molecule has 0 aromatic rings. The highest BCUT2D eigenvalue weighted by atomic mass is 16.5. The molecule has 2 fully saturated rings. The molecular formula is C17H32N2O2. The molecule has 0 spiro atoms. The highest BCUT2D eigenvalue weighted by Crippen LogP contribution is 2.30. The maximum atomic E-state index is 12.3. The minimum absolute atomic E-state index is 0.0122. The number of hydrogen-bond donors (Lipinski definition) is 2. The zero-order valence-corrected chi connectivity index (χ0v) is 13.7. The van der Waals surface area contributed by atoms with Crippen LogP contribution < -0.4 is 10.6 Å². The molecule has 4 nitrogen and oxygen atoms in total. The molecule has 1 saturated carbocycles. The van der Waals surface area contributed by atoms with Crippen molar-refractivity contribution < 1.29 is 9.53 Å². The SMILES string of the molecule is CCCNC1COCC1C(=O)NCCC1CCCC(C)C1. The summed E-state index contributed by atoms with van der Waals surface area (Å²) in [5.74, 6) is 1.83. The van der Waals surface area contributed by atoms with Gasteiger partial charge in [0.15, 0.2) is 0 Å². The van der Waals surface area contributed by atoms with Crippen molar-refractivity contribution in [3.63, 3.8) is 0 Å². The van der Waals surface area contributed by atoms with Gasteiger partial charge in [-0.15, -0.1) is 0 Å². The summed E-state index contributed by atoms with van der Waals surface area (Å²) < 4.78 is 5.47. The Bertz CT molecular complexity index is 322. The Morgan fingerprint density at radius 1 is 1.24 bits per heavy atom. The van der Waals surface area contributed by atoms with Crippen LogP contribution in [0.1, 0.15) is 52.4 Å². The molecule has 2 N–H and O–H groups in total. The van der Waals surface area contributed by atoms with E-state index >= 15 is 0 Å². The monoisotopic (exact) mass is 296 g/mol. The molecule has 4 unspecified atom stereocenters. The molecule has 0 aromatic heterocycles. The van der Waals surface area contributed by atoms with Crippen LogP contribution in [0.2, 0.25) is 0 Å². The van der Waals surface area contributed by atoms with Gasteiger partial charge in [-0.05, 0) is 37.6 Å². The summed E-state index contributed by atoms with van der Waals surface area (Å²) >= 11 is 0. The van der Waals surface area contributed by atoms with Crippen molar-refractivity contribution in [2.75, 3.05) is 26.3 Å². The van der Waals surface area contributed by atoms with Gasteiger partial charge in [0, 0.05) is 12.6 Å². The molecule has 4 heteroatoms. The van der Waals surface area contributed by atoms with Crippen molar-refractivity contribution in [2.45, 2.75) is 58.4 Å². The molecule has 122 valence electrons. The van der Waals surface area contributed by atoms with Crippen LogP contribution in [0.3, 0.4) is 0 Å². The largest absolute Gasteiger partial charge is 0.379 e. The third-order valence-corrected chi connectivity index (χ3v) is 4.97. The van der Waals surface area contributed by atoms with Crippen LogP contribution in [-0.4, -0.2) is 38.3 Å². The van der Waals surface area contributed by atoms with E-state index in [1.54, 1.807) is 0 Å². The first kappa shape index (κ1) is 16.8. The van der Waals surface area contributed by atoms with Gasteiger partial charge in [0.1, 0.15) is 0 Å². The van der Waals surface area contributed by atoms with Gasteiger partial charge in [0.25, 0.3) is 0 Å². The van der Waals surface area contributed by atoms with E-state index in [1.165, 1.54) is 25.7 Å². The molecule has 0 radical (unpaired) electrons. The van der Waals surface area contributed by atoms with Crippen LogP contribution in [0, 0.1) is 17.8 Å². The molecule has 0 aromatic carbocycles. The van der Waals surface area contributed by atoms with Crippen LogP contribution in [0.4, 0.5) is 0 Å². The Balaban J connectivity index is 1.66. The molecule has 21 heavy (non-hydrogen) atoms. The third-order valence-electron chi connectivity index (χ3n) is 4.97. The molecule has 1 heterocycles. The third kappa shape index (κ3) is 5.26. The number of rotatable bonds is 7. The van der Waals surface area contributed by atoms with Crippen molar-refractivity contribution in [1.82, 2.24) is 10.6 Å². The summed E-state index contributed by atoms with van der Waals surface area (Å²) in [4.78, 5) is 12.3. The van der Waals surface area contributed by atoms with Gasteiger partial charge < -0.3 is 15.4 Å². The summed E-state index contributed by atoms with van der Waals surface area (Å²) in [5, 5.41) is 6.56. The van der Waals surface area contributed by atoms with E-state index in [2.05, 4.69) is 24.5 Å². The Morgan fingerprint density at radius 2 is 2.10 bits per heavy atom. The quantitative estimate of drug-likeness (QED) is 0.758. The lowest BCUT2D eigenvalue weighted by atomic mass is 9.81. The van der Waals surface area contributed by atoms with Gasteiger partial charge in [0.2, 0.25) is 5.91 Å². The van der Waals surface area contributed by atoms with Crippen LogP contribution in [0.5, 0.6) is 0 Å². The molecule has 0 bridgehead atoms. The van der Waals surface area contributed by atoms with Gasteiger partial charge in [-0.2, -0.15) is 0 Å². The molecule has 4 atom stereocenters. The van der Waals surface area contributed by atoms with Crippen molar-refractivity contribution in [1.29, 1.82) is 0 Å². The number of hydrogen-bond acceptors (Lipinski definition) is 3. The molecule has 1 amide bonds. The fourth-order valence-corrected chi connectivity index (χ4v) is 3.70. The Morgan fingerprint density at radius 3 is 2.86 bits per heavy atom. The van der Waals surface area contributed by atoms with Gasteiger partial charge in [-0.3, -0.25) is 4.79 Å². The number of amides is 1. The number of nitrogens with one attached hydrogen (secondary N) is 2. The predicted octanol–water partition coefficient (Wildman–Crippen LogP) is 2.33. The summed E-state index contributed by atoms with van der Waals surface area (Å²) in [6.07, 6.45) is 7.64. The zero-order valence-electron chi connectivity index (χ0n) is 13.7. The molecule has 2 aliphatic rings. The minimum Gasteiger partial charge on any atom is -0.379 e. The fraction of sp³-hybridized carbons (Fsp3) is 0.941. The lowest BCUT2D eigenvalue weighted by Gasteiger charge is -2.27. The first-order valence-electron chi connectivity index (χ1n) is 8.79. The van der Waals surface area contributed by atoms with Crippen LogP contribution >= 0.6 is 0 Å². The first-order chi connectivity index (χ1) is 10.2. The minimum atomic E-state index is -0.0122. The summed E-state index contributed by atoms with van der Waals surface area (Å²) in [6, 6.07) is 0.194. The molecule has 2 rings (SSSR count). The van der Waals surface area contributed by atoms with Gasteiger partial charge in [0.05, 0.1) is 19.1 Å². The second-order valence-electron chi connectivity index (χ2n) is 6.92. The normalized spacial score (nSPS) is 33.0. The van der Waals surface area contributed by atoms with Crippen molar-refractivity contribution in [2.24, 2.45) is 17.8 Å². The topological polar surface area (TPSA) is 50.4 Å². The maximum absolute atomic E-state index is 12.3. The van der Waals surface area contributed by atoms with E-state index in [-0.39, 0.29) is 17.9 Å². The van der Waals surface area contributed by atoms with Gasteiger partial charge >= 0.3 is 0 Å². The second kappa shape index (κ2) is 8.74. The van der Waals surface area contributed by atoms with Crippen LogP contribution in [0.25, 0.3) is 0 Å². The van der Waals surface area contributed by atoms with Crippen LogP contribution in [0.15, 0.2) is 0 Å². The average Bonchev–Trinajstić information content (AvgIpc) is 2.93. The lowest BCUT2D eigenvalue weighted by molar-refractivity contribution is -0.125. The molecular weight excluding hydrogens is 264 g/mol. The Hall–Kier alpha value is -0.610. The first-order valence-corrected chi connectivity index (χ1v) is 8.79. The predicted molar refractivity (Wildman–Crippen MR) is 85.1 cm³/mol. The van der Waals surface area contributed by atoms with E-state index in [9.17, 15) is 4.79 Å². The summed E-state index contributed by atoms with van der Waals surface area (Å²) in [6.45, 7) is 7.50. The Labute approximate surface area is 129 Å². The van der Waals surface area contributed by atoms with E-state index < -0.39 is 0 Å². The van der Waals surface area contributed by atoms with Crippen molar-refractivity contribution in [3.05, 3.63) is 0 Å². The Kier molecular flexibility index (Phi) is 6.97. The van der Waals surface area contributed by atoms with E-state index in [1.807, 2.05) is 0 Å². The van der Waals surface area contributed by atoms with Crippen LogP contribution in [-0.2, 0) is 9.53 Å². The van der Waals surface area contributed by atoms with E-state index in [4.69, 9.17) is 4.74 Å². The number of carbonyl (C=O) groups excluding carboxylic acids is 1. The standard InChI is InChI=1S/C17H32N2O2/c1-3-8-18-16-12-21-11-15(16)17(20)19-9-7-14-6-4-5-13(2)10-14/h13-16,18H,3-12H2,1-2H3,(H,19,20). The fourth-order valence-electron chi connectivity index (χ4n) is 3.70. The van der Waals surface area contributed by atoms with Crippen molar-refractivity contribution in [3.8, 4) is 0 Å². The van der Waals surface area contributed by atoms with Gasteiger partial charge in [-0.1, -0.05) is 33.1 Å². The smallest absolute Gasteiger partial charge is 0.227 e. The maximum Gasteiger partial charge on any atom is 0.227 e. The second-order valence-corrected chi connectivity index (χ2v) is 6.92. The summed E-state index contributed by atoms with van der Waals surface area (Å²) in [7, 11) is 0. The highest BCUT2D eigenvalue weighted by Gasteiger charge is 2.33. The molecule has 1 aliphatic carbocycles. The molecule has 1 saturated heterocycles. The van der Waals surface area contributed by atoms with E-state index in [0.29, 0.717) is 13.2 Å². The number of carbonyl (C=O) groups is 1. The average molecular weight is 296 g/mol. The van der Waals surface area contributed by atoms with Crippen molar-refractivity contribution >= 4 is 5.91 Å². The zero-order chi connectivity index (χ0) is 15.1. The van der Waals surface area contributed by atoms with E-state index in [0.717, 1.165) is 37.8 Å². The summed E-state index contributed by atoms with van der Waals surface area (Å²) in [5.41, 5.74) is 0. The van der Waals surface area contributed by atoms with Gasteiger partial charge in [-0.25, -0.2) is 0 Å². The lowest BCUT2D eigenvalue weighted by Crippen LogP contribution is -2.44. The number of ether oxygens (including phenoxy) is 1. The highest BCUT2D eigenvalue weighted by molar-refractivity contribution is 5.79.